The van der Waals surface area contributed by atoms with E-state index in [2.05, 4.69) is 10.3 Å². The normalized spacial score (nSPS) is 12.1. The summed E-state index contributed by atoms with van der Waals surface area (Å²) < 4.78 is 11.7. The molecule has 0 radical (unpaired) electrons. The largest absolute Gasteiger partial charge is 0.356 e. The van der Waals surface area contributed by atoms with E-state index in [0.717, 1.165) is 11.3 Å². The molecule has 0 fully saturated rings. The maximum Gasteiger partial charge on any atom is 0.232 e. The summed E-state index contributed by atoms with van der Waals surface area (Å²) >= 11 is 0. The number of nitrogens with one attached hydrogen (secondary N) is 1. The predicted molar refractivity (Wildman–Crippen MR) is 67.5 cm³/mol. The molecule has 94 valence electrons. The van der Waals surface area contributed by atoms with Crippen LogP contribution in [0.3, 0.4) is 0 Å². The number of carbonyl (C=O) groups excluding carboxylic acids is 1. The van der Waals surface area contributed by atoms with Gasteiger partial charge in [0.2, 0.25) is 5.91 Å². The minimum absolute atomic E-state index is 0.0206. The molecular weight excluding hydrogens is 238 g/mol. The van der Waals surface area contributed by atoms with Gasteiger partial charge in [-0.3, -0.25) is 14.0 Å². The second-order valence-electron chi connectivity index (χ2n) is 3.50. The molecule has 1 rings (SSSR count). The quantitative estimate of drug-likeness (QED) is 0.745. The van der Waals surface area contributed by atoms with Crippen molar-refractivity contribution >= 4 is 16.7 Å². The van der Waals surface area contributed by atoms with E-state index in [1.54, 1.807) is 12.3 Å². The number of aromatic nitrogens is 1. The Labute approximate surface area is 103 Å². The molecule has 0 bridgehead atoms. The topological polar surface area (TPSA) is 85.1 Å². The lowest BCUT2D eigenvalue weighted by Crippen LogP contribution is -2.28. The van der Waals surface area contributed by atoms with E-state index in [4.69, 9.17) is 5.73 Å². The van der Waals surface area contributed by atoms with E-state index in [0.29, 0.717) is 18.8 Å². The fourth-order valence-electron chi connectivity index (χ4n) is 1.41. The highest BCUT2D eigenvalue weighted by Crippen LogP contribution is 2.07. The van der Waals surface area contributed by atoms with E-state index in [-0.39, 0.29) is 11.7 Å². The summed E-state index contributed by atoms with van der Waals surface area (Å²) in [6, 6.07) is 3.61. The van der Waals surface area contributed by atoms with E-state index in [1.165, 1.54) is 0 Å². The average molecular weight is 255 g/mol. The van der Waals surface area contributed by atoms with Crippen LogP contribution in [0.4, 0.5) is 0 Å². The first-order valence-electron chi connectivity index (χ1n) is 5.41. The van der Waals surface area contributed by atoms with Crippen LogP contribution in [0.1, 0.15) is 18.2 Å². The minimum Gasteiger partial charge on any atom is -0.356 e. The monoisotopic (exact) mass is 255 g/mol. The van der Waals surface area contributed by atoms with Crippen LogP contribution < -0.4 is 11.1 Å². The van der Waals surface area contributed by atoms with E-state index in [1.807, 2.05) is 13.0 Å². The molecule has 17 heavy (non-hydrogen) atoms. The number of carbonyl (C=O) groups is 1. The van der Waals surface area contributed by atoms with Crippen molar-refractivity contribution in [2.45, 2.75) is 19.2 Å². The van der Waals surface area contributed by atoms with Gasteiger partial charge in [-0.15, -0.1) is 0 Å². The maximum atomic E-state index is 11.7. The van der Waals surface area contributed by atoms with Gasteiger partial charge in [0.25, 0.3) is 0 Å². The van der Waals surface area contributed by atoms with E-state index < -0.39 is 10.8 Å². The first-order valence-corrected chi connectivity index (χ1v) is 6.90. The molecule has 5 nitrogen and oxygen atoms in total. The third-order valence-electron chi connectivity index (χ3n) is 2.16. The molecule has 0 saturated heterocycles. The summed E-state index contributed by atoms with van der Waals surface area (Å²) in [5.41, 5.74) is 7.11. The van der Waals surface area contributed by atoms with Crippen molar-refractivity contribution in [2.75, 3.05) is 12.3 Å². The maximum absolute atomic E-state index is 11.7. The van der Waals surface area contributed by atoms with Crippen molar-refractivity contribution in [1.29, 1.82) is 0 Å². The number of amides is 1. The fourth-order valence-corrected chi connectivity index (χ4v) is 2.51. The molecule has 0 aliphatic rings. The lowest BCUT2D eigenvalue weighted by molar-refractivity contribution is -0.118. The van der Waals surface area contributed by atoms with Crippen LogP contribution in [-0.4, -0.2) is 27.4 Å². The summed E-state index contributed by atoms with van der Waals surface area (Å²) in [6.45, 7) is 2.69. The Morgan fingerprint density at radius 2 is 2.35 bits per heavy atom. The summed E-state index contributed by atoms with van der Waals surface area (Å²) in [4.78, 5) is 15.4. The number of nitrogens with two attached hydrogens (primary N) is 1. The molecular formula is C11H17N3O2S. The van der Waals surface area contributed by atoms with Crippen molar-refractivity contribution in [1.82, 2.24) is 10.3 Å². The van der Waals surface area contributed by atoms with Crippen molar-refractivity contribution in [2.24, 2.45) is 5.73 Å². The Morgan fingerprint density at radius 3 is 3.00 bits per heavy atom. The van der Waals surface area contributed by atoms with Crippen molar-refractivity contribution in [3.05, 3.63) is 29.6 Å². The lowest BCUT2D eigenvalue weighted by Gasteiger charge is -2.06. The summed E-state index contributed by atoms with van der Waals surface area (Å²) in [5, 5.41) is 2.62. The van der Waals surface area contributed by atoms with Gasteiger partial charge in [-0.05, 0) is 18.6 Å². The van der Waals surface area contributed by atoms with Gasteiger partial charge < -0.3 is 11.1 Å². The second-order valence-corrected chi connectivity index (χ2v) is 4.95. The molecule has 1 amide bonds. The van der Waals surface area contributed by atoms with Gasteiger partial charge in [-0.25, -0.2) is 0 Å². The number of hydrogen-bond donors (Lipinski definition) is 2. The number of pyridine rings is 1. The van der Waals surface area contributed by atoms with E-state index in [9.17, 15) is 9.00 Å². The Hall–Kier alpha value is -1.27. The van der Waals surface area contributed by atoms with Crippen LogP contribution in [-0.2, 0) is 27.9 Å². The molecule has 0 aliphatic heterocycles. The highest BCUT2D eigenvalue weighted by Gasteiger charge is 2.10. The molecule has 3 N–H and O–H groups in total. The molecule has 1 unspecified atom stereocenters. The number of hydrogen-bond acceptors (Lipinski definition) is 4. The van der Waals surface area contributed by atoms with Crippen LogP contribution in [0.25, 0.3) is 0 Å². The number of nitrogens with zero attached hydrogens (tertiary/aromatic N) is 1. The summed E-state index contributed by atoms with van der Waals surface area (Å²) in [6.07, 6.45) is 1.65. The van der Waals surface area contributed by atoms with Crippen LogP contribution in [0, 0.1) is 0 Å². The lowest BCUT2D eigenvalue weighted by atomic mass is 10.2. The Kier molecular flexibility index (Phi) is 5.79. The van der Waals surface area contributed by atoms with Crippen LogP contribution >= 0.6 is 0 Å². The summed E-state index contributed by atoms with van der Waals surface area (Å²) in [5.74, 6) is 0.147. The van der Waals surface area contributed by atoms with Gasteiger partial charge in [0.05, 0.1) is 11.4 Å². The van der Waals surface area contributed by atoms with Gasteiger partial charge in [0.15, 0.2) is 0 Å². The smallest absolute Gasteiger partial charge is 0.232 e. The highest BCUT2D eigenvalue weighted by molar-refractivity contribution is 7.84. The second kappa shape index (κ2) is 7.13. The first kappa shape index (κ1) is 13.8. The summed E-state index contributed by atoms with van der Waals surface area (Å²) in [7, 11) is -1.22. The molecule has 1 aromatic heterocycles. The average Bonchev–Trinajstić information content (AvgIpc) is 2.29. The van der Waals surface area contributed by atoms with E-state index >= 15 is 0 Å². The van der Waals surface area contributed by atoms with Crippen LogP contribution in [0.2, 0.25) is 0 Å². The fraction of sp³-hybridized carbons (Fsp3) is 0.455. The molecule has 0 aliphatic carbocycles. The van der Waals surface area contributed by atoms with Gasteiger partial charge in [0, 0.05) is 30.1 Å². The first-order chi connectivity index (χ1) is 8.17. The molecule has 0 spiro atoms. The van der Waals surface area contributed by atoms with Gasteiger partial charge in [-0.2, -0.15) is 0 Å². The molecule has 1 atom stereocenters. The van der Waals surface area contributed by atoms with Gasteiger partial charge in [-0.1, -0.05) is 6.07 Å². The predicted octanol–water partition coefficient (Wildman–Crippen LogP) is -0.0749. The van der Waals surface area contributed by atoms with Gasteiger partial charge in [0.1, 0.15) is 5.75 Å². The molecule has 0 saturated carbocycles. The standard InChI is InChI=1S/C11H17N3O2S/c1-2-13-11(15)8-17(16)7-9-4-3-5-14-10(9)6-12/h3-5H,2,6-8,12H2,1H3,(H,13,15). The Balaban J connectivity index is 2.59. The van der Waals surface area contributed by atoms with Gasteiger partial charge >= 0.3 is 0 Å². The molecule has 6 heteroatoms. The van der Waals surface area contributed by atoms with Crippen LogP contribution in [0.15, 0.2) is 18.3 Å². The minimum atomic E-state index is -1.22. The third-order valence-corrected chi connectivity index (χ3v) is 3.38. The van der Waals surface area contributed by atoms with Crippen molar-refractivity contribution in [3.63, 3.8) is 0 Å². The van der Waals surface area contributed by atoms with Crippen molar-refractivity contribution in [3.8, 4) is 0 Å². The van der Waals surface area contributed by atoms with Crippen LogP contribution in [0.5, 0.6) is 0 Å². The molecule has 1 aromatic rings. The SMILES string of the molecule is CCNC(=O)CS(=O)Cc1cccnc1CN. The third kappa shape index (κ3) is 4.62. The zero-order valence-electron chi connectivity index (χ0n) is 9.81. The van der Waals surface area contributed by atoms with Crippen molar-refractivity contribution < 1.29 is 9.00 Å². The Bertz CT molecular complexity index is 409. The Morgan fingerprint density at radius 1 is 1.59 bits per heavy atom. The molecule has 0 aromatic carbocycles. The number of rotatable bonds is 6. The molecule has 1 heterocycles. The zero-order chi connectivity index (χ0) is 12.7. The zero-order valence-corrected chi connectivity index (χ0v) is 10.6. The highest BCUT2D eigenvalue weighted by atomic mass is 32.2.